The predicted octanol–water partition coefficient (Wildman–Crippen LogP) is 4.29. The second-order valence-corrected chi connectivity index (χ2v) is 6.52. The molecule has 0 saturated carbocycles. The van der Waals surface area contributed by atoms with Gasteiger partial charge in [-0.1, -0.05) is 53.7 Å². The molecule has 1 N–H and O–H groups in total. The molecule has 0 fully saturated rings. The number of aromatic hydroxyl groups is 1. The monoisotopic (exact) mass is 347 g/mol. The summed E-state index contributed by atoms with van der Waals surface area (Å²) in [4.78, 5) is 6.90. The van der Waals surface area contributed by atoms with Crippen LogP contribution in [0.15, 0.2) is 65.2 Å². The van der Waals surface area contributed by atoms with Crippen molar-refractivity contribution in [2.24, 2.45) is 0 Å². The summed E-state index contributed by atoms with van der Waals surface area (Å²) in [6, 6.07) is 17.3. The van der Waals surface area contributed by atoms with Crippen molar-refractivity contribution in [3.8, 4) is 17.1 Å². The van der Waals surface area contributed by atoms with Crippen LogP contribution in [0.25, 0.3) is 17.0 Å². The van der Waals surface area contributed by atoms with E-state index in [0.29, 0.717) is 17.5 Å². The van der Waals surface area contributed by atoms with Gasteiger partial charge in [0, 0.05) is 18.7 Å². The van der Waals surface area contributed by atoms with Gasteiger partial charge in [-0.3, -0.25) is 4.90 Å². The summed E-state index contributed by atoms with van der Waals surface area (Å²) in [5, 5.41) is 13.6. The van der Waals surface area contributed by atoms with Gasteiger partial charge in [-0.15, -0.1) is 0 Å². The second kappa shape index (κ2) is 7.14. The predicted molar refractivity (Wildman–Crippen MR) is 100 cm³/mol. The number of phenolic OH excluding ortho intramolecular Hbond substituents is 1. The summed E-state index contributed by atoms with van der Waals surface area (Å²) in [5.74, 6) is 1.57. The average Bonchev–Trinajstić information content (AvgIpc) is 3.19. The number of nitrogens with zero attached hydrogens (tertiary/aromatic N) is 3. The molecule has 2 heterocycles. The molecule has 26 heavy (non-hydrogen) atoms. The summed E-state index contributed by atoms with van der Waals surface area (Å²) in [6.07, 6.45) is 3.19. The van der Waals surface area contributed by atoms with Gasteiger partial charge in [0.2, 0.25) is 11.7 Å². The molecule has 0 bridgehead atoms. The Morgan fingerprint density at radius 1 is 1.04 bits per heavy atom. The molecule has 0 spiro atoms. The summed E-state index contributed by atoms with van der Waals surface area (Å²) >= 11 is 0. The van der Waals surface area contributed by atoms with E-state index in [1.807, 2.05) is 42.5 Å². The van der Waals surface area contributed by atoms with E-state index >= 15 is 0 Å². The van der Waals surface area contributed by atoms with E-state index in [4.69, 9.17) is 4.52 Å². The Bertz CT molecular complexity index is 901. The number of rotatable bonds is 4. The summed E-state index contributed by atoms with van der Waals surface area (Å²) in [6.45, 7) is 3.86. The molecule has 0 radical (unpaired) electrons. The standard InChI is InChI=1S/C21H21N3O2/c1-15(21-22-20(23-26-21)18-5-3-2-4-6-18)24-13-11-17(12-14-24)16-7-9-19(25)10-8-16/h2-11,15,25H,12-14H2,1H3. The van der Waals surface area contributed by atoms with Crippen LogP contribution in [-0.4, -0.2) is 33.2 Å². The van der Waals surface area contributed by atoms with Crippen LogP contribution in [0.1, 0.15) is 30.8 Å². The first-order chi connectivity index (χ1) is 12.7. The van der Waals surface area contributed by atoms with E-state index < -0.39 is 0 Å². The zero-order chi connectivity index (χ0) is 17.9. The van der Waals surface area contributed by atoms with Crippen molar-refractivity contribution in [2.45, 2.75) is 19.4 Å². The molecule has 5 heteroatoms. The van der Waals surface area contributed by atoms with Gasteiger partial charge in [0.25, 0.3) is 0 Å². The minimum Gasteiger partial charge on any atom is -0.508 e. The fourth-order valence-electron chi connectivity index (χ4n) is 3.24. The number of benzene rings is 2. The SMILES string of the molecule is CC(c1nc(-c2ccccc2)no1)N1CC=C(c2ccc(O)cc2)CC1. The minimum atomic E-state index is 0.0672. The lowest BCUT2D eigenvalue weighted by atomic mass is 9.98. The summed E-state index contributed by atoms with van der Waals surface area (Å²) < 4.78 is 5.51. The van der Waals surface area contributed by atoms with Crippen molar-refractivity contribution < 1.29 is 9.63 Å². The van der Waals surface area contributed by atoms with E-state index in [9.17, 15) is 5.11 Å². The zero-order valence-electron chi connectivity index (χ0n) is 14.7. The molecule has 0 saturated heterocycles. The molecule has 1 aliphatic rings. The molecule has 1 atom stereocenters. The van der Waals surface area contributed by atoms with Crippen molar-refractivity contribution >= 4 is 5.57 Å². The van der Waals surface area contributed by atoms with E-state index in [-0.39, 0.29) is 6.04 Å². The Kier molecular flexibility index (Phi) is 4.54. The third kappa shape index (κ3) is 3.39. The molecule has 0 aliphatic carbocycles. The van der Waals surface area contributed by atoms with Crippen molar-refractivity contribution in [3.05, 3.63) is 72.1 Å². The molecule has 4 rings (SSSR count). The van der Waals surface area contributed by atoms with Gasteiger partial charge >= 0.3 is 0 Å². The van der Waals surface area contributed by atoms with Gasteiger partial charge < -0.3 is 9.63 Å². The maximum absolute atomic E-state index is 9.43. The highest BCUT2D eigenvalue weighted by Crippen LogP contribution is 2.29. The fourth-order valence-corrected chi connectivity index (χ4v) is 3.24. The highest BCUT2D eigenvalue weighted by atomic mass is 16.5. The minimum absolute atomic E-state index is 0.0672. The molecular weight excluding hydrogens is 326 g/mol. The van der Waals surface area contributed by atoms with Gasteiger partial charge in [-0.05, 0) is 36.6 Å². The Morgan fingerprint density at radius 3 is 2.50 bits per heavy atom. The largest absolute Gasteiger partial charge is 0.508 e. The molecule has 3 aromatic rings. The highest BCUT2D eigenvalue weighted by molar-refractivity contribution is 5.67. The molecule has 1 aromatic heterocycles. The lowest BCUT2D eigenvalue weighted by molar-refractivity contribution is 0.189. The maximum atomic E-state index is 9.43. The van der Waals surface area contributed by atoms with Gasteiger partial charge in [0.05, 0.1) is 6.04 Å². The highest BCUT2D eigenvalue weighted by Gasteiger charge is 2.24. The zero-order valence-corrected chi connectivity index (χ0v) is 14.7. The second-order valence-electron chi connectivity index (χ2n) is 6.52. The molecule has 5 nitrogen and oxygen atoms in total. The number of aromatic nitrogens is 2. The van der Waals surface area contributed by atoms with Gasteiger partial charge in [0.15, 0.2) is 0 Å². The first kappa shape index (κ1) is 16.5. The first-order valence-corrected chi connectivity index (χ1v) is 8.82. The Hall–Kier alpha value is -2.92. The van der Waals surface area contributed by atoms with Crippen molar-refractivity contribution in [3.63, 3.8) is 0 Å². The third-order valence-electron chi connectivity index (χ3n) is 4.86. The van der Waals surface area contributed by atoms with Crippen LogP contribution in [-0.2, 0) is 0 Å². The molecule has 1 aliphatic heterocycles. The average molecular weight is 347 g/mol. The van der Waals surface area contributed by atoms with Crippen LogP contribution < -0.4 is 0 Å². The van der Waals surface area contributed by atoms with Gasteiger partial charge in [-0.2, -0.15) is 4.98 Å². The smallest absolute Gasteiger partial charge is 0.244 e. The Labute approximate surface area is 152 Å². The van der Waals surface area contributed by atoms with Crippen molar-refractivity contribution in [1.29, 1.82) is 0 Å². The van der Waals surface area contributed by atoms with Crippen LogP contribution in [0.3, 0.4) is 0 Å². The Balaban J connectivity index is 1.46. The van der Waals surface area contributed by atoms with Crippen molar-refractivity contribution in [1.82, 2.24) is 15.0 Å². The van der Waals surface area contributed by atoms with Crippen LogP contribution >= 0.6 is 0 Å². The topological polar surface area (TPSA) is 62.4 Å². The van der Waals surface area contributed by atoms with Gasteiger partial charge in [-0.25, -0.2) is 0 Å². The third-order valence-corrected chi connectivity index (χ3v) is 4.86. The fraction of sp³-hybridized carbons (Fsp3) is 0.238. The normalized spacial score (nSPS) is 16.3. The quantitative estimate of drug-likeness (QED) is 0.763. The molecule has 0 amide bonds. The molecular formula is C21H21N3O2. The van der Waals surface area contributed by atoms with Gasteiger partial charge in [0.1, 0.15) is 5.75 Å². The molecule has 1 unspecified atom stereocenters. The number of hydrogen-bond donors (Lipinski definition) is 1. The maximum Gasteiger partial charge on any atom is 0.244 e. The lowest BCUT2D eigenvalue weighted by Gasteiger charge is -2.29. The van der Waals surface area contributed by atoms with Crippen molar-refractivity contribution in [2.75, 3.05) is 13.1 Å². The molecule has 2 aromatic carbocycles. The summed E-state index contributed by atoms with van der Waals surface area (Å²) in [7, 11) is 0. The van der Waals surface area contributed by atoms with Crippen LogP contribution in [0, 0.1) is 0 Å². The number of hydrogen-bond acceptors (Lipinski definition) is 5. The van der Waals surface area contributed by atoms with Crippen LogP contribution in [0.4, 0.5) is 0 Å². The Morgan fingerprint density at radius 2 is 1.81 bits per heavy atom. The summed E-state index contributed by atoms with van der Waals surface area (Å²) in [5.41, 5.74) is 3.44. The number of phenols is 1. The van der Waals surface area contributed by atoms with Crippen LogP contribution in [0.2, 0.25) is 0 Å². The van der Waals surface area contributed by atoms with E-state index in [1.54, 1.807) is 12.1 Å². The lowest BCUT2D eigenvalue weighted by Crippen LogP contribution is -2.31. The van der Waals surface area contributed by atoms with E-state index in [0.717, 1.165) is 25.1 Å². The van der Waals surface area contributed by atoms with E-state index in [1.165, 1.54) is 11.1 Å². The molecule has 132 valence electrons. The first-order valence-electron chi connectivity index (χ1n) is 8.82. The van der Waals surface area contributed by atoms with Crippen LogP contribution in [0.5, 0.6) is 5.75 Å². The van der Waals surface area contributed by atoms with E-state index in [2.05, 4.69) is 28.0 Å².